The van der Waals surface area contributed by atoms with Crippen molar-refractivity contribution in [1.82, 2.24) is 5.32 Å². The molecule has 0 saturated carbocycles. The molecule has 0 atom stereocenters. The number of thioether (sulfide) groups is 1. The summed E-state index contributed by atoms with van der Waals surface area (Å²) < 4.78 is 13.8. The first-order chi connectivity index (χ1) is 18.3. The highest BCUT2D eigenvalue weighted by Gasteiger charge is 2.24. The zero-order valence-corrected chi connectivity index (χ0v) is 25.5. The molecule has 0 radical (unpaired) electrons. The number of fused-ring (bicyclic) bond motifs is 1. The molecule has 8 heteroatoms. The van der Waals surface area contributed by atoms with Gasteiger partial charge in [0.1, 0.15) is 6.61 Å². The molecule has 1 fully saturated rings. The van der Waals surface area contributed by atoms with Gasteiger partial charge < -0.3 is 14.8 Å². The Hall–Kier alpha value is -2.82. The Morgan fingerprint density at radius 1 is 1.03 bits per heavy atom. The van der Waals surface area contributed by atoms with Crippen LogP contribution in [0, 0.1) is 17.4 Å². The van der Waals surface area contributed by atoms with E-state index in [-0.39, 0.29) is 5.91 Å². The predicted molar refractivity (Wildman–Crippen MR) is 168 cm³/mol. The van der Waals surface area contributed by atoms with Crippen LogP contribution < -0.4 is 14.8 Å². The number of rotatable bonds is 6. The number of hydrogen-bond donors (Lipinski definition) is 1. The molecular weight excluding hydrogens is 675 g/mol. The lowest BCUT2D eigenvalue weighted by molar-refractivity contribution is -0.115. The van der Waals surface area contributed by atoms with Crippen LogP contribution in [0.1, 0.15) is 22.3 Å². The monoisotopic (exact) mass is 698 g/mol. The number of hydrogen-bond acceptors (Lipinski definition) is 5. The number of amidine groups is 1. The van der Waals surface area contributed by atoms with Crippen molar-refractivity contribution in [2.45, 2.75) is 20.5 Å². The molecular formula is C30H24BrIN2O3S. The van der Waals surface area contributed by atoms with E-state index in [1.165, 1.54) is 22.5 Å². The first-order valence-electron chi connectivity index (χ1n) is 11.8. The molecule has 1 aliphatic heterocycles. The number of methoxy groups -OCH3 is 1. The fourth-order valence-electron chi connectivity index (χ4n) is 4.18. The van der Waals surface area contributed by atoms with Crippen LogP contribution in [0.5, 0.6) is 11.5 Å². The van der Waals surface area contributed by atoms with Gasteiger partial charge in [0.2, 0.25) is 0 Å². The summed E-state index contributed by atoms with van der Waals surface area (Å²) in [7, 11) is 1.62. The lowest BCUT2D eigenvalue weighted by Gasteiger charge is -2.14. The van der Waals surface area contributed by atoms with Gasteiger partial charge in [-0.2, -0.15) is 0 Å². The van der Waals surface area contributed by atoms with Gasteiger partial charge in [-0.25, -0.2) is 4.99 Å². The van der Waals surface area contributed by atoms with E-state index in [1.54, 1.807) is 7.11 Å². The summed E-state index contributed by atoms with van der Waals surface area (Å²) in [5.74, 6) is 1.11. The third-order valence-corrected chi connectivity index (χ3v) is 9.01. The lowest BCUT2D eigenvalue weighted by Crippen LogP contribution is -2.19. The lowest BCUT2D eigenvalue weighted by atomic mass is 10.1. The molecule has 1 amide bonds. The molecule has 38 heavy (non-hydrogen) atoms. The van der Waals surface area contributed by atoms with Crippen LogP contribution in [0.25, 0.3) is 16.8 Å². The van der Waals surface area contributed by atoms with E-state index in [2.05, 4.69) is 79.2 Å². The predicted octanol–water partition coefficient (Wildman–Crippen LogP) is 8.30. The third kappa shape index (κ3) is 5.92. The first kappa shape index (κ1) is 26.8. The number of nitrogens with one attached hydrogen (secondary N) is 1. The van der Waals surface area contributed by atoms with Crippen molar-refractivity contribution >= 4 is 83.9 Å². The van der Waals surface area contributed by atoms with Gasteiger partial charge in [-0.1, -0.05) is 52.3 Å². The molecule has 0 aromatic heterocycles. The van der Waals surface area contributed by atoms with Gasteiger partial charge in [-0.15, -0.1) is 0 Å². The quantitative estimate of drug-likeness (QED) is 0.163. The second-order valence-corrected chi connectivity index (χ2v) is 11.9. The average molecular weight is 699 g/mol. The zero-order chi connectivity index (χ0) is 26.8. The molecule has 1 heterocycles. The minimum Gasteiger partial charge on any atom is -0.493 e. The number of amides is 1. The fourth-order valence-corrected chi connectivity index (χ4v) is 6.04. The van der Waals surface area contributed by atoms with Crippen LogP contribution in [-0.2, 0) is 11.4 Å². The molecule has 192 valence electrons. The van der Waals surface area contributed by atoms with Crippen LogP contribution in [0.15, 0.2) is 81.1 Å². The Balaban J connectivity index is 1.35. The highest BCUT2D eigenvalue weighted by molar-refractivity contribution is 14.1. The van der Waals surface area contributed by atoms with Crippen molar-refractivity contribution in [1.29, 1.82) is 0 Å². The number of ether oxygens (including phenoxy) is 2. The van der Waals surface area contributed by atoms with Gasteiger partial charge in [-0.05, 0) is 118 Å². The van der Waals surface area contributed by atoms with Gasteiger partial charge in [-0.3, -0.25) is 4.79 Å². The average Bonchev–Trinajstić information content (AvgIpc) is 3.24. The molecule has 0 bridgehead atoms. The largest absolute Gasteiger partial charge is 0.493 e. The summed E-state index contributed by atoms with van der Waals surface area (Å²) in [4.78, 5) is 17.9. The van der Waals surface area contributed by atoms with Crippen molar-refractivity contribution in [3.05, 3.63) is 102 Å². The zero-order valence-electron chi connectivity index (χ0n) is 21.0. The van der Waals surface area contributed by atoms with Crippen molar-refractivity contribution in [2.24, 2.45) is 4.99 Å². The fraction of sp³-hybridized carbons (Fsp3) is 0.133. The van der Waals surface area contributed by atoms with E-state index < -0.39 is 0 Å². The Kier molecular flexibility index (Phi) is 8.11. The SMILES string of the molecule is COc1cc(/C=C2\SC(=Nc3cc(C)c(Br)c(C)c3)NC2=O)cc(I)c1OCc1ccc2ccccc2c1. The van der Waals surface area contributed by atoms with Gasteiger partial charge in [0.05, 0.1) is 21.3 Å². The minimum absolute atomic E-state index is 0.176. The Bertz CT molecular complexity index is 1610. The van der Waals surface area contributed by atoms with Crippen LogP contribution >= 0.6 is 50.3 Å². The van der Waals surface area contributed by atoms with Crippen LogP contribution in [0.2, 0.25) is 0 Å². The number of carbonyl (C=O) groups excluding carboxylic acids is 1. The first-order valence-corrected chi connectivity index (χ1v) is 14.5. The molecule has 4 aromatic rings. The molecule has 5 rings (SSSR count). The highest BCUT2D eigenvalue weighted by atomic mass is 127. The molecule has 1 saturated heterocycles. The van der Waals surface area contributed by atoms with Gasteiger partial charge in [0.15, 0.2) is 16.7 Å². The summed E-state index contributed by atoms with van der Waals surface area (Å²) in [6.45, 7) is 4.47. The molecule has 1 aliphatic rings. The molecule has 1 N–H and O–H groups in total. The van der Waals surface area contributed by atoms with Crippen molar-refractivity contribution in [3.8, 4) is 11.5 Å². The summed E-state index contributed by atoms with van der Waals surface area (Å²) in [6.07, 6.45) is 1.85. The van der Waals surface area contributed by atoms with E-state index in [0.717, 1.165) is 36.0 Å². The molecule has 5 nitrogen and oxygen atoms in total. The topological polar surface area (TPSA) is 59.9 Å². The Morgan fingerprint density at radius 3 is 2.50 bits per heavy atom. The summed E-state index contributed by atoms with van der Waals surface area (Å²) in [5.41, 5.74) is 4.92. The number of nitrogens with zero attached hydrogens (tertiary/aromatic N) is 1. The normalized spacial score (nSPS) is 15.3. The smallest absolute Gasteiger partial charge is 0.264 e. The van der Waals surface area contributed by atoms with Crippen LogP contribution in [-0.4, -0.2) is 18.2 Å². The van der Waals surface area contributed by atoms with Gasteiger partial charge in [0.25, 0.3) is 5.91 Å². The third-order valence-electron chi connectivity index (χ3n) is 6.05. The Morgan fingerprint density at radius 2 is 1.76 bits per heavy atom. The number of aliphatic imine (C=N–C) groups is 1. The highest BCUT2D eigenvalue weighted by Crippen LogP contribution is 2.37. The van der Waals surface area contributed by atoms with Gasteiger partial charge in [0, 0.05) is 4.47 Å². The number of carbonyl (C=O) groups is 1. The minimum atomic E-state index is -0.176. The van der Waals surface area contributed by atoms with Gasteiger partial charge >= 0.3 is 0 Å². The molecule has 0 spiro atoms. The van der Waals surface area contributed by atoms with Crippen LogP contribution in [0.4, 0.5) is 5.69 Å². The van der Waals surface area contributed by atoms with E-state index in [4.69, 9.17) is 9.47 Å². The molecule has 4 aromatic carbocycles. The maximum Gasteiger partial charge on any atom is 0.264 e. The van der Waals surface area contributed by atoms with Crippen molar-refractivity contribution in [3.63, 3.8) is 0 Å². The second-order valence-electron chi connectivity index (χ2n) is 8.88. The molecule has 0 aliphatic carbocycles. The number of benzene rings is 4. The maximum atomic E-state index is 12.7. The van der Waals surface area contributed by atoms with E-state index in [1.807, 2.05) is 56.3 Å². The van der Waals surface area contributed by atoms with Crippen LogP contribution in [0.3, 0.4) is 0 Å². The summed E-state index contributed by atoms with van der Waals surface area (Å²) >= 11 is 7.15. The molecule has 0 unspecified atom stereocenters. The summed E-state index contributed by atoms with van der Waals surface area (Å²) in [5, 5.41) is 5.80. The summed E-state index contributed by atoms with van der Waals surface area (Å²) in [6, 6.07) is 22.4. The standard InChI is InChI=1S/C30H24BrIN2O3S/c1-17-10-23(11-18(2)27(17)31)33-30-34-29(35)26(38-30)15-20-13-24(32)28(25(14-20)36-3)37-16-19-8-9-21-6-4-5-7-22(21)12-19/h4-15H,16H2,1-3H3,(H,33,34,35)/b26-15-. The Labute approximate surface area is 248 Å². The van der Waals surface area contributed by atoms with E-state index in [9.17, 15) is 4.79 Å². The van der Waals surface area contributed by atoms with Crippen molar-refractivity contribution in [2.75, 3.05) is 7.11 Å². The second kappa shape index (κ2) is 11.5. The maximum absolute atomic E-state index is 12.7. The number of halogens is 2. The number of aryl methyl sites for hydroxylation is 2. The van der Waals surface area contributed by atoms with Crippen molar-refractivity contribution < 1.29 is 14.3 Å². The van der Waals surface area contributed by atoms with E-state index >= 15 is 0 Å². The van der Waals surface area contributed by atoms with E-state index in [0.29, 0.717) is 28.2 Å².